The Balaban J connectivity index is 1.77. The molecule has 0 atom stereocenters. The molecule has 3 rings (SSSR count). The van der Waals surface area contributed by atoms with Gasteiger partial charge in [0.2, 0.25) is 0 Å². The Labute approximate surface area is 107 Å². The highest BCUT2D eigenvalue weighted by Crippen LogP contribution is 2.46. The molecule has 2 nitrogen and oxygen atoms in total. The van der Waals surface area contributed by atoms with Crippen LogP contribution < -0.4 is 10.1 Å². The summed E-state index contributed by atoms with van der Waals surface area (Å²) in [7, 11) is 1.69. The molecule has 0 aromatic heterocycles. The van der Waals surface area contributed by atoms with Crippen LogP contribution in [0.3, 0.4) is 0 Å². The number of nitrogens with one attached hydrogen (secondary N) is 1. The van der Waals surface area contributed by atoms with Gasteiger partial charge in [-0.05, 0) is 49.7 Å². The topological polar surface area (TPSA) is 21.3 Å². The zero-order valence-corrected chi connectivity index (χ0v) is 10.8. The van der Waals surface area contributed by atoms with Crippen molar-refractivity contribution in [3.8, 4) is 5.75 Å². The molecule has 17 heavy (non-hydrogen) atoms. The van der Waals surface area contributed by atoms with Crippen LogP contribution in [0, 0.1) is 11.8 Å². The van der Waals surface area contributed by atoms with Gasteiger partial charge in [-0.15, -0.1) is 0 Å². The first-order valence-electron chi connectivity index (χ1n) is 6.38. The second-order valence-electron chi connectivity index (χ2n) is 5.19. The van der Waals surface area contributed by atoms with Gasteiger partial charge in [-0.2, -0.15) is 0 Å². The Morgan fingerprint density at radius 2 is 1.88 bits per heavy atom. The van der Waals surface area contributed by atoms with E-state index < -0.39 is 0 Å². The Morgan fingerprint density at radius 1 is 1.24 bits per heavy atom. The Bertz CT molecular complexity index is 401. The van der Waals surface area contributed by atoms with Crippen molar-refractivity contribution in [2.75, 3.05) is 12.4 Å². The monoisotopic (exact) mass is 251 g/mol. The molecule has 0 unspecified atom stereocenters. The molecule has 1 N–H and O–H groups in total. The van der Waals surface area contributed by atoms with Crippen LogP contribution in [-0.4, -0.2) is 13.2 Å². The van der Waals surface area contributed by atoms with Gasteiger partial charge >= 0.3 is 0 Å². The summed E-state index contributed by atoms with van der Waals surface area (Å²) in [5.41, 5.74) is 1.02. The third-order valence-electron chi connectivity index (χ3n) is 3.76. The number of anilines is 1. The van der Waals surface area contributed by atoms with Crippen LogP contribution in [0.15, 0.2) is 18.2 Å². The van der Waals surface area contributed by atoms with Gasteiger partial charge < -0.3 is 10.1 Å². The number of hydrogen-bond acceptors (Lipinski definition) is 2. The van der Waals surface area contributed by atoms with Gasteiger partial charge in [-0.3, -0.25) is 0 Å². The van der Waals surface area contributed by atoms with Crippen molar-refractivity contribution in [3.05, 3.63) is 23.2 Å². The molecule has 2 fully saturated rings. The molecule has 2 aliphatic rings. The molecule has 0 spiro atoms. The summed E-state index contributed by atoms with van der Waals surface area (Å²) in [5.74, 6) is 2.59. The summed E-state index contributed by atoms with van der Waals surface area (Å²) in [6.45, 7) is 0. The van der Waals surface area contributed by atoms with E-state index in [0.717, 1.165) is 28.3 Å². The maximum atomic E-state index is 6.23. The summed E-state index contributed by atoms with van der Waals surface area (Å²) in [6, 6.07) is 6.43. The quantitative estimate of drug-likeness (QED) is 0.856. The van der Waals surface area contributed by atoms with Crippen molar-refractivity contribution in [3.63, 3.8) is 0 Å². The van der Waals surface area contributed by atoms with Crippen LogP contribution in [0.1, 0.15) is 25.7 Å². The molecule has 1 aromatic rings. The van der Waals surface area contributed by atoms with Crippen molar-refractivity contribution in [1.82, 2.24) is 0 Å². The van der Waals surface area contributed by atoms with Gasteiger partial charge in [0.1, 0.15) is 5.75 Å². The van der Waals surface area contributed by atoms with Gasteiger partial charge in [0.25, 0.3) is 0 Å². The van der Waals surface area contributed by atoms with Crippen LogP contribution in [0.2, 0.25) is 5.02 Å². The van der Waals surface area contributed by atoms with E-state index in [4.69, 9.17) is 16.3 Å². The molecule has 0 amide bonds. The highest BCUT2D eigenvalue weighted by Gasteiger charge is 2.41. The molecule has 2 aliphatic carbocycles. The minimum absolute atomic E-state index is 0.625. The molecule has 0 heterocycles. The second kappa shape index (κ2) is 4.41. The average Bonchev–Trinajstić information content (AvgIpc) is 3.19. The lowest BCUT2D eigenvalue weighted by Gasteiger charge is -2.20. The molecule has 0 saturated heterocycles. The molecule has 0 radical (unpaired) electrons. The third-order valence-corrected chi connectivity index (χ3v) is 4.09. The molecule has 1 aromatic carbocycles. The third kappa shape index (κ3) is 2.52. The van der Waals surface area contributed by atoms with Gasteiger partial charge in [-0.25, -0.2) is 0 Å². The van der Waals surface area contributed by atoms with Crippen LogP contribution in [-0.2, 0) is 0 Å². The lowest BCUT2D eigenvalue weighted by Crippen LogP contribution is -2.24. The van der Waals surface area contributed by atoms with Crippen LogP contribution in [0.5, 0.6) is 5.75 Å². The normalized spacial score (nSPS) is 19.5. The first-order chi connectivity index (χ1) is 8.28. The number of benzene rings is 1. The van der Waals surface area contributed by atoms with Crippen LogP contribution in [0.4, 0.5) is 5.69 Å². The summed E-state index contributed by atoms with van der Waals surface area (Å²) in [4.78, 5) is 0. The van der Waals surface area contributed by atoms with Gasteiger partial charge in [0.05, 0.1) is 17.8 Å². The minimum atomic E-state index is 0.625. The fourth-order valence-electron chi connectivity index (χ4n) is 2.45. The number of methoxy groups -OCH3 is 1. The Kier molecular flexibility index (Phi) is 2.91. The predicted octanol–water partition coefficient (Wildman–Crippen LogP) is 3.95. The van der Waals surface area contributed by atoms with E-state index in [1.807, 2.05) is 18.2 Å². The summed E-state index contributed by atoms with van der Waals surface area (Å²) in [5, 5.41) is 4.42. The van der Waals surface area contributed by atoms with Gasteiger partial charge in [0, 0.05) is 12.1 Å². The predicted molar refractivity (Wildman–Crippen MR) is 70.9 cm³/mol. The van der Waals surface area contributed by atoms with E-state index in [2.05, 4.69) is 5.32 Å². The number of halogens is 1. The SMILES string of the molecule is COc1ccc(Cl)c(NC(C2CC2)C2CC2)c1. The molecular formula is C14H18ClNO. The van der Waals surface area contributed by atoms with E-state index in [1.165, 1.54) is 25.7 Å². The summed E-state index contributed by atoms with van der Waals surface area (Å²) >= 11 is 6.23. The standard InChI is InChI=1S/C14H18ClNO/c1-17-11-6-7-12(15)13(8-11)16-14(9-2-3-9)10-4-5-10/h6-10,14,16H,2-5H2,1H3. The highest BCUT2D eigenvalue weighted by molar-refractivity contribution is 6.33. The largest absolute Gasteiger partial charge is 0.497 e. The molecular weight excluding hydrogens is 234 g/mol. The minimum Gasteiger partial charge on any atom is -0.497 e. The van der Waals surface area contributed by atoms with E-state index in [-0.39, 0.29) is 0 Å². The van der Waals surface area contributed by atoms with E-state index >= 15 is 0 Å². The molecule has 2 saturated carbocycles. The van der Waals surface area contributed by atoms with Crippen molar-refractivity contribution in [1.29, 1.82) is 0 Å². The van der Waals surface area contributed by atoms with Crippen molar-refractivity contribution < 1.29 is 4.74 Å². The van der Waals surface area contributed by atoms with Gasteiger partial charge in [-0.1, -0.05) is 11.6 Å². The maximum absolute atomic E-state index is 6.23. The number of rotatable bonds is 5. The first kappa shape index (κ1) is 11.2. The zero-order chi connectivity index (χ0) is 11.8. The Hall–Kier alpha value is -0.890. The molecule has 0 aliphatic heterocycles. The fraction of sp³-hybridized carbons (Fsp3) is 0.571. The molecule has 3 heteroatoms. The average molecular weight is 252 g/mol. The van der Waals surface area contributed by atoms with Crippen LogP contribution in [0.25, 0.3) is 0 Å². The van der Waals surface area contributed by atoms with E-state index in [1.54, 1.807) is 7.11 Å². The molecule has 0 bridgehead atoms. The smallest absolute Gasteiger partial charge is 0.121 e. The lowest BCUT2D eigenvalue weighted by atomic mass is 10.1. The fourth-order valence-corrected chi connectivity index (χ4v) is 2.62. The van der Waals surface area contributed by atoms with Crippen molar-refractivity contribution >= 4 is 17.3 Å². The highest BCUT2D eigenvalue weighted by atomic mass is 35.5. The van der Waals surface area contributed by atoms with Crippen LogP contribution >= 0.6 is 11.6 Å². The second-order valence-corrected chi connectivity index (χ2v) is 5.60. The number of ether oxygens (including phenoxy) is 1. The first-order valence-corrected chi connectivity index (χ1v) is 6.76. The zero-order valence-electron chi connectivity index (χ0n) is 10.1. The summed E-state index contributed by atoms with van der Waals surface area (Å²) < 4.78 is 5.24. The molecule has 92 valence electrons. The van der Waals surface area contributed by atoms with Gasteiger partial charge in [0.15, 0.2) is 0 Å². The summed E-state index contributed by atoms with van der Waals surface area (Å²) in [6.07, 6.45) is 5.48. The maximum Gasteiger partial charge on any atom is 0.121 e. The van der Waals surface area contributed by atoms with E-state index in [9.17, 15) is 0 Å². The van der Waals surface area contributed by atoms with Crippen molar-refractivity contribution in [2.45, 2.75) is 31.7 Å². The van der Waals surface area contributed by atoms with Crippen molar-refractivity contribution in [2.24, 2.45) is 11.8 Å². The number of hydrogen-bond donors (Lipinski definition) is 1. The lowest BCUT2D eigenvalue weighted by molar-refractivity contribution is 0.415. The Morgan fingerprint density at radius 3 is 2.41 bits per heavy atom. The van der Waals surface area contributed by atoms with E-state index in [0.29, 0.717) is 6.04 Å².